The molecule has 0 aliphatic heterocycles. The van der Waals surface area contributed by atoms with Crippen LogP contribution in [0.1, 0.15) is 44.1 Å². The molecule has 1 aromatic heterocycles. The van der Waals surface area contributed by atoms with Crippen molar-refractivity contribution in [1.82, 2.24) is 15.3 Å². The molecule has 4 heteroatoms. The molecule has 0 saturated heterocycles. The number of nitrogens with zero attached hydrogens (tertiary/aromatic N) is 2. The summed E-state index contributed by atoms with van der Waals surface area (Å²) in [5.41, 5.74) is 1.09. The van der Waals surface area contributed by atoms with Gasteiger partial charge in [-0.25, -0.2) is 9.97 Å². The van der Waals surface area contributed by atoms with Crippen LogP contribution in [-0.4, -0.2) is 29.1 Å². The van der Waals surface area contributed by atoms with E-state index in [-0.39, 0.29) is 0 Å². The summed E-state index contributed by atoms with van der Waals surface area (Å²) in [4.78, 5) is 8.46. The number of aromatic nitrogens is 2. The minimum Gasteiger partial charge on any atom is -0.353 e. The molecule has 0 unspecified atom stereocenters. The van der Waals surface area contributed by atoms with Gasteiger partial charge in [0.2, 0.25) is 5.95 Å². The Balaban J connectivity index is 1.61. The summed E-state index contributed by atoms with van der Waals surface area (Å²) >= 11 is 0. The minimum atomic E-state index is 0.716. The van der Waals surface area contributed by atoms with Crippen LogP contribution in [0.5, 0.6) is 0 Å². The summed E-state index contributed by atoms with van der Waals surface area (Å²) in [5.74, 6) is 0.725. The molecule has 1 aliphatic carbocycles. The first-order valence-electron chi connectivity index (χ1n) is 7.10. The van der Waals surface area contributed by atoms with Crippen LogP contribution in [-0.2, 0) is 0 Å². The molecule has 0 atom stereocenters. The van der Waals surface area contributed by atoms with Crippen molar-refractivity contribution < 1.29 is 0 Å². The Bertz CT molecular complexity index is 328. The second-order valence-corrected chi connectivity index (χ2v) is 5.15. The summed E-state index contributed by atoms with van der Waals surface area (Å²) in [6.45, 7) is 3.87. The summed E-state index contributed by atoms with van der Waals surface area (Å²) in [7, 11) is 0. The Labute approximate surface area is 110 Å². The molecule has 1 heterocycles. The van der Waals surface area contributed by atoms with Gasteiger partial charge in [-0.3, -0.25) is 0 Å². The van der Waals surface area contributed by atoms with Crippen LogP contribution < -0.4 is 10.6 Å². The van der Waals surface area contributed by atoms with Gasteiger partial charge >= 0.3 is 0 Å². The second kappa shape index (κ2) is 7.31. The normalized spacial score (nSPS) is 17.4. The zero-order valence-electron chi connectivity index (χ0n) is 11.3. The predicted molar refractivity (Wildman–Crippen MR) is 74.8 cm³/mol. The lowest BCUT2D eigenvalue weighted by molar-refractivity contribution is 0.468. The predicted octanol–water partition coefficient (Wildman–Crippen LogP) is 2.51. The Morgan fingerprint density at radius 2 is 1.72 bits per heavy atom. The molecule has 100 valence electrons. The van der Waals surface area contributed by atoms with Crippen LogP contribution in [0, 0.1) is 6.92 Å². The monoisotopic (exact) mass is 248 g/mol. The van der Waals surface area contributed by atoms with Gasteiger partial charge in [-0.15, -0.1) is 0 Å². The highest BCUT2D eigenvalue weighted by molar-refractivity contribution is 5.23. The molecular formula is C14H24N4. The van der Waals surface area contributed by atoms with Gasteiger partial charge in [0.05, 0.1) is 0 Å². The fraction of sp³-hybridized carbons (Fsp3) is 0.714. The Kier molecular flexibility index (Phi) is 5.39. The van der Waals surface area contributed by atoms with E-state index in [0.29, 0.717) is 6.04 Å². The molecule has 1 saturated carbocycles. The topological polar surface area (TPSA) is 49.8 Å². The first-order chi connectivity index (χ1) is 8.84. The zero-order chi connectivity index (χ0) is 12.6. The van der Waals surface area contributed by atoms with E-state index in [1.165, 1.54) is 38.5 Å². The van der Waals surface area contributed by atoms with Crippen molar-refractivity contribution in [1.29, 1.82) is 0 Å². The molecule has 0 radical (unpaired) electrons. The van der Waals surface area contributed by atoms with Crippen molar-refractivity contribution in [3.05, 3.63) is 18.0 Å². The van der Waals surface area contributed by atoms with E-state index < -0.39 is 0 Å². The van der Waals surface area contributed by atoms with Gasteiger partial charge in [0.1, 0.15) is 0 Å². The summed E-state index contributed by atoms with van der Waals surface area (Å²) in [6.07, 6.45) is 11.9. The molecule has 2 rings (SSSR count). The SMILES string of the molecule is Cc1cnc(NCCNC2CCCCCC2)nc1. The average molecular weight is 248 g/mol. The molecular weight excluding hydrogens is 224 g/mol. The molecule has 2 N–H and O–H groups in total. The van der Waals surface area contributed by atoms with Crippen LogP contribution in [0.4, 0.5) is 5.95 Å². The smallest absolute Gasteiger partial charge is 0.222 e. The zero-order valence-corrected chi connectivity index (χ0v) is 11.3. The van der Waals surface area contributed by atoms with E-state index in [2.05, 4.69) is 20.6 Å². The van der Waals surface area contributed by atoms with Crippen LogP contribution >= 0.6 is 0 Å². The highest BCUT2D eigenvalue weighted by Gasteiger charge is 2.10. The Morgan fingerprint density at radius 1 is 1.06 bits per heavy atom. The van der Waals surface area contributed by atoms with Crippen LogP contribution in [0.2, 0.25) is 0 Å². The molecule has 18 heavy (non-hydrogen) atoms. The largest absolute Gasteiger partial charge is 0.353 e. The fourth-order valence-electron chi connectivity index (χ4n) is 2.42. The third-order valence-corrected chi connectivity index (χ3v) is 3.48. The highest BCUT2D eigenvalue weighted by atomic mass is 15.1. The van der Waals surface area contributed by atoms with Crippen molar-refractivity contribution in [3.63, 3.8) is 0 Å². The van der Waals surface area contributed by atoms with Gasteiger partial charge in [0.25, 0.3) is 0 Å². The molecule has 0 bridgehead atoms. The molecule has 1 aliphatic rings. The standard InChI is InChI=1S/C14H24N4/c1-12-10-17-14(18-11-12)16-9-8-15-13-6-4-2-3-5-7-13/h10-11,13,15H,2-9H2,1H3,(H,16,17,18). The molecule has 1 aromatic rings. The highest BCUT2D eigenvalue weighted by Crippen LogP contribution is 2.16. The maximum Gasteiger partial charge on any atom is 0.222 e. The molecule has 1 fully saturated rings. The first kappa shape index (κ1) is 13.3. The van der Waals surface area contributed by atoms with Gasteiger partial charge in [-0.05, 0) is 25.3 Å². The Hall–Kier alpha value is -1.16. The van der Waals surface area contributed by atoms with Crippen molar-refractivity contribution in [3.8, 4) is 0 Å². The summed E-state index contributed by atoms with van der Waals surface area (Å²) in [5, 5.41) is 6.87. The minimum absolute atomic E-state index is 0.716. The van der Waals surface area contributed by atoms with E-state index in [1.54, 1.807) is 0 Å². The molecule has 0 spiro atoms. The quantitative estimate of drug-likeness (QED) is 0.621. The molecule has 4 nitrogen and oxygen atoms in total. The maximum atomic E-state index is 4.23. The Morgan fingerprint density at radius 3 is 2.39 bits per heavy atom. The summed E-state index contributed by atoms with van der Waals surface area (Å²) in [6, 6.07) is 0.716. The lowest BCUT2D eigenvalue weighted by Gasteiger charge is -2.16. The van der Waals surface area contributed by atoms with Crippen LogP contribution in [0.25, 0.3) is 0 Å². The number of hydrogen-bond acceptors (Lipinski definition) is 4. The number of aryl methyl sites for hydroxylation is 1. The number of anilines is 1. The second-order valence-electron chi connectivity index (χ2n) is 5.15. The van der Waals surface area contributed by atoms with Crippen molar-refractivity contribution >= 4 is 5.95 Å². The lowest BCUT2D eigenvalue weighted by atomic mass is 10.1. The van der Waals surface area contributed by atoms with Crippen molar-refractivity contribution in [2.45, 2.75) is 51.5 Å². The van der Waals surface area contributed by atoms with Crippen molar-refractivity contribution in [2.75, 3.05) is 18.4 Å². The number of nitrogens with one attached hydrogen (secondary N) is 2. The van der Waals surface area contributed by atoms with Crippen molar-refractivity contribution in [2.24, 2.45) is 0 Å². The van der Waals surface area contributed by atoms with Gasteiger partial charge in [0.15, 0.2) is 0 Å². The van der Waals surface area contributed by atoms with Gasteiger partial charge in [-0.2, -0.15) is 0 Å². The van der Waals surface area contributed by atoms with Crippen LogP contribution in [0.3, 0.4) is 0 Å². The first-order valence-corrected chi connectivity index (χ1v) is 7.10. The van der Waals surface area contributed by atoms with Crippen LogP contribution in [0.15, 0.2) is 12.4 Å². The van der Waals surface area contributed by atoms with E-state index >= 15 is 0 Å². The van der Waals surface area contributed by atoms with Gasteiger partial charge in [-0.1, -0.05) is 25.7 Å². The molecule has 0 amide bonds. The third kappa shape index (κ3) is 4.61. The maximum absolute atomic E-state index is 4.23. The number of hydrogen-bond donors (Lipinski definition) is 2. The van der Waals surface area contributed by atoms with E-state index in [0.717, 1.165) is 24.6 Å². The molecule has 0 aromatic carbocycles. The third-order valence-electron chi connectivity index (χ3n) is 3.48. The average Bonchev–Trinajstić information content (AvgIpc) is 2.65. The van der Waals surface area contributed by atoms with E-state index in [9.17, 15) is 0 Å². The lowest BCUT2D eigenvalue weighted by Crippen LogP contribution is -2.32. The van der Waals surface area contributed by atoms with Gasteiger partial charge < -0.3 is 10.6 Å². The van der Waals surface area contributed by atoms with E-state index in [1.807, 2.05) is 19.3 Å². The fourth-order valence-corrected chi connectivity index (χ4v) is 2.42. The van der Waals surface area contributed by atoms with E-state index in [4.69, 9.17) is 0 Å². The van der Waals surface area contributed by atoms with Gasteiger partial charge in [0, 0.05) is 31.5 Å². The number of rotatable bonds is 5. The summed E-state index contributed by atoms with van der Waals surface area (Å²) < 4.78 is 0.